The molecule has 0 aliphatic rings. The highest BCUT2D eigenvalue weighted by Gasteiger charge is 2.10. The van der Waals surface area contributed by atoms with Gasteiger partial charge in [-0.3, -0.25) is 9.97 Å². The monoisotopic (exact) mass is 330 g/mol. The molecule has 122 valence electrons. The third-order valence-corrected chi connectivity index (χ3v) is 3.77. The van der Waals surface area contributed by atoms with E-state index in [2.05, 4.69) is 9.97 Å². The van der Waals surface area contributed by atoms with Crippen LogP contribution in [0.25, 0.3) is 22.2 Å². The van der Waals surface area contributed by atoms with Crippen LogP contribution in [0.2, 0.25) is 0 Å². The lowest BCUT2D eigenvalue weighted by atomic mass is 10.1. The molecule has 25 heavy (non-hydrogen) atoms. The molecule has 1 aromatic carbocycles. The Bertz CT molecular complexity index is 1060. The van der Waals surface area contributed by atoms with Gasteiger partial charge in [0.05, 0.1) is 11.4 Å². The van der Waals surface area contributed by atoms with Crippen LogP contribution in [0.15, 0.2) is 82.3 Å². The molecule has 0 amide bonds. The van der Waals surface area contributed by atoms with Gasteiger partial charge in [0.2, 0.25) is 0 Å². The van der Waals surface area contributed by atoms with Gasteiger partial charge in [0.15, 0.2) is 0 Å². The highest BCUT2D eigenvalue weighted by Crippen LogP contribution is 2.28. The van der Waals surface area contributed by atoms with E-state index in [-0.39, 0.29) is 0 Å². The molecule has 0 unspecified atom stereocenters. The first-order valence-electron chi connectivity index (χ1n) is 7.82. The van der Waals surface area contributed by atoms with Crippen LogP contribution in [0.5, 0.6) is 5.75 Å². The highest BCUT2D eigenvalue weighted by molar-refractivity contribution is 5.92. The Hall–Kier alpha value is -3.47. The summed E-state index contributed by atoms with van der Waals surface area (Å²) in [5.41, 5.74) is 2.33. The smallest absolute Gasteiger partial charge is 0.336 e. The lowest BCUT2D eigenvalue weighted by Crippen LogP contribution is -2.00. The largest absolute Gasteiger partial charge is 0.487 e. The summed E-state index contributed by atoms with van der Waals surface area (Å²) in [4.78, 5) is 20.5. The van der Waals surface area contributed by atoms with Crippen molar-refractivity contribution in [3.8, 4) is 17.0 Å². The summed E-state index contributed by atoms with van der Waals surface area (Å²) in [7, 11) is 0. The first kappa shape index (κ1) is 15.1. The minimum Gasteiger partial charge on any atom is -0.487 e. The predicted molar refractivity (Wildman–Crippen MR) is 94.3 cm³/mol. The summed E-state index contributed by atoms with van der Waals surface area (Å²) >= 11 is 0. The van der Waals surface area contributed by atoms with Gasteiger partial charge in [-0.2, -0.15) is 0 Å². The average molecular weight is 330 g/mol. The molecule has 4 rings (SSSR count). The van der Waals surface area contributed by atoms with Crippen LogP contribution in [0, 0.1) is 0 Å². The molecule has 5 heteroatoms. The molecule has 3 aromatic heterocycles. The van der Waals surface area contributed by atoms with E-state index in [1.54, 1.807) is 18.5 Å². The summed E-state index contributed by atoms with van der Waals surface area (Å²) in [6, 6.07) is 18.1. The zero-order valence-corrected chi connectivity index (χ0v) is 13.3. The van der Waals surface area contributed by atoms with E-state index in [0.29, 0.717) is 17.9 Å². The molecule has 0 saturated carbocycles. The molecule has 0 saturated heterocycles. The van der Waals surface area contributed by atoms with Crippen LogP contribution in [0.4, 0.5) is 0 Å². The molecule has 0 atom stereocenters. The van der Waals surface area contributed by atoms with E-state index < -0.39 is 5.63 Å². The molecule has 0 fully saturated rings. The second-order valence-electron chi connectivity index (χ2n) is 5.46. The molecule has 4 aromatic rings. The summed E-state index contributed by atoms with van der Waals surface area (Å²) in [5, 5.41) is 0.809. The number of hydrogen-bond acceptors (Lipinski definition) is 5. The number of pyridine rings is 2. The summed E-state index contributed by atoms with van der Waals surface area (Å²) in [5.74, 6) is 0.611. The molecular formula is C20H14N2O3. The molecule has 0 aliphatic carbocycles. The Kier molecular flexibility index (Phi) is 3.96. The third kappa shape index (κ3) is 3.26. The van der Waals surface area contributed by atoms with Crippen LogP contribution >= 0.6 is 0 Å². The van der Waals surface area contributed by atoms with Crippen molar-refractivity contribution in [2.24, 2.45) is 0 Å². The second kappa shape index (κ2) is 6.57. The van der Waals surface area contributed by atoms with Gasteiger partial charge >= 0.3 is 5.63 Å². The van der Waals surface area contributed by atoms with Crippen molar-refractivity contribution in [1.29, 1.82) is 0 Å². The van der Waals surface area contributed by atoms with E-state index in [0.717, 1.165) is 22.3 Å². The lowest BCUT2D eigenvalue weighted by molar-refractivity contribution is 0.301. The van der Waals surface area contributed by atoms with Crippen molar-refractivity contribution in [1.82, 2.24) is 9.97 Å². The van der Waals surface area contributed by atoms with Gasteiger partial charge in [0.25, 0.3) is 0 Å². The normalized spacial score (nSPS) is 10.7. The molecule has 0 aliphatic heterocycles. The Morgan fingerprint density at radius 1 is 0.920 bits per heavy atom. The molecule has 0 bridgehead atoms. The Balaban J connectivity index is 1.70. The fourth-order valence-corrected chi connectivity index (χ4v) is 2.61. The number of benzene rings is 1. The number of ether oxygens (including phenoxy) is 1. The van der Waals surface area contributed by atoms with Crippen LogP contribution < -0.4 is 10.4 Å². The van der Waals surface area contributed by atoms with Crippen molar-refractivity contribution >= 4 is 11.0 Å². The maximum absolute atomic E-state index is 11.9. The van der Waals surface area contributed by atoms with Crippen molar-refractivity contribution < 1.29 is 9.15 Å². The number of rotatable bonds is 4. The fourth-order valence-electron chi connectivity index (χ4n) is 2.61. The predicted octanol–water partition coefficient (Wildman–Crippen LogP) is 3.83. The number of nitrogens with zero attached hydrogens (tertiary/aromatic N) is 2. The fraction of sp³-hybridized carbons (Fsp3) is 0.0500. The molecule has 0 radical (unpaired) electrons. The lowest BCUT2D eigenvalue weighted by Gasteiger charge is -2.08. The standard InChI is InChI=1S/C20H14N2O3/c23-20-12-17(18-6-2-4-10-22-18)16-8-7-15(11-19(16)25-20)24-13-14-5-1-3-9-21-14/h1-12H,13H2. The van der Waals surface area contributed by atoms with Gasteiger partial charge in [-0.25, -0.2) is 4.79 Å². The van der Waals surface area contributed by atoms with Gasteiger partial charge < -0.3 is 9.15 Å². The number of fused-ring (bicyclic) bond motifs is 1. The number of hydrogen-bond donors (Lipinski definition) is 0. The maximum Gasteiger partial charge on any atom is 0.336 e. The van der Waals surface area contributed by atoms with Crippen molar-refractivity contribution in [3.63, 3.8) is 0 Å². The summed E-state index contributed by atoms with van der Waals surface area (Å²) in [6.07, 6.45) is 3.41. The van der Waals surface area contributed by atoms with Crippen LogP contribution in [-0.4, -0.2) is 9.97 Å². The van der Waals surface area contributed by atoms with Crippen molar-refractivity contribution in [2.75, 3.05) is 0 Å². The molecule has 3 heterocycles. The van der Waals surface area contributed by atoms with Gasteiger partial charge in [-0.05, 0) is 36.4 Å². The number of aromatic nitrogens is 2. The van der Waals surface area contributed by atoms with E-state index in [1.165, 1.54) is 6.07 Å². The molecule has 0 spiro atoms. The van der Waals surface area contributed by atoms with Crippen molar-refractivity contribution in [3.05, 3.63) is 89.2 Å². The quantitative estimate of drug-likeness (QED) is 0.532. The van der Waals surface area contributed by atoms with Gasteiger partial charge in [0, 0.05) is 35.5 Å². The van der Waals surface area contributed by atoms with Gasteiger partial charge in [0.1, 0.15) is 17.9 Å². The minimum atomic E-state index is -0.421. The van der Waals surface area contributed by atoms with E-state index in [9.17, 15) is 4.79 Å². The third-order valence-electron chi connectivity index (χ3n) is 3.77. The Morgan fingerprint density at radius 2 is 1.76 bits per heavy atom. The zero-order valence-electron chi connectivity index (χ0n) is 13.3. The zero-order chi connectivity index (χ0) is 17.1. The molecular weight excluding hydrogens is 316 g/mol. The Morgan fingerprint density at radius 3 is 2.52 bits per heavy atom. The average Bonchev–Trinajstić information content (AvgIpc) is 2.67. The topological polar surface area (TPSA) is 65.2 Å². The Labute approximate surface area is 143 Å². The first-order chi connectivity index (χ1) is 12.3. The van der Waals surface area contributed by atoms with Crippen LogP contribution in [0.1, 0.15) is 5.69 Å². The van der Waals surface area contributed by atoms with E-state index in [1.807, 2.05) is 48.5 Å². The second-order valence-corrected chi connectivity index (χ2v) is 5.46. The minimum absolute atomic E-state index is 0.344. The van der Waals surface area contributed by atoms with Crippen LogP contribution in [0.3, 0.4) is 0 Å². The van der Waals surface area contributed by atoms with Crippen molar-refractivity contribution in [2.45, 2.75) is 6.61 Å². The SMILES string of the molecule is O=c1cc(-c2ccccn2)c2ccc(OCc3ccccn3)cc2o1. The maximum atomic E-state index is 11.9. The summed E-state index contributed by atoms with van der Waals surface area (Å²) in [6.45, 7) is 0.344. The van der Waals surface area contributed by atoms with Gasteiger partial charge in [-0.1, -0.05) is 12.1 Å². The van der Waals surface area contributed by atoms with E-state index >= 15 is 0 Å². The first-order valence-corrected chi connectivity index (χ1v) is 7.82. The molecule has 5 nitrogen and oxygen atoms in total. The van der Waals surface area contributed by atoms with Gasteiger partial charge in [-0.15, -0.1) is 0 Å². The van der Waals surface area contributed by atoms with Crippen LogP contribution in [-0.2, 0) is 6.61 Å². The summed E-state index contributed by atoms with van der Waals surface area (Å²) < 4.78 is 11.1. The highest BCUT2D eigenvalue weighted by atomic mass is 16.5. The molecule has 0 N–H and O–H groups in total. The van der Waals surface area contributed by atoms with E-state index in [4.69, 9.17) is 9.15 Å².